The molecule has 106 valence electrons. The largest absolute Gasteiger partial charge is 0.461 e. The van der Waals surface area contributed by atoms with Crippen LogP contribution in [0.25, 0.3) is 0 Å². The Bertz CT molecular complexity index is 532. The zero-order chi connectivity index (χ0) is 15.1. The standard InChI is InChI=1S/C15H16O5/c1-10(2)14(17)19-9-11(3)15(18)20-13-6-4-12(8-16)5-7-13/h4,6-7,11H,1,5,9H2,2-3H3. The minimum Gasteiger partial charge on any atom is -0.461 e. The van der Waals surface area contributed by atoms with Crippen molar-refractivity contribution in [2.45, 2.75) is 20.3 Å². The summed E-state index contributed by atoms with van der Waals surface area (Å²) in [5.41, 5.74) is 0.768. The summed E-state index contributed by atoms with van der Waals surface area (Å²) in [6.45, 7) is 6.50. The van der Waals surface area contributed by atoms with E-state index in [0.29, 0.717) is 17.8 Å². The third kappa shape index (κ3) is 4.71. The second-order valence-corrected chi connectivity index (χ2v) is 4.47. The van der Waals surface area contributed by atoms with E-state index in [0.717, 1.165) is 0 Å². The average Bonchev–Trinajstić information content (AvgIpc) is 2.44. The molecule has 1 aliphatic carbocycles. The highest BCUT2D eigenvalue weighted by molar-refractivity contribution is 5.87. The third-order valence-corrected chi connectivity index (χ3v) is 2.54. The van der Waals surface area contributed by atoms with E-state index in [1.54, 1.807) is 25.0 Å². The van der Waals surface area contributed by atoms with E-state index in [1.807, 2.05) is 0 Å². The molecule has 1 unspecified atom stereocenters. The Morgan fingerprint density at radius 2 is 2.15 bits per heavy atom. The fourth-order valence-electron chi connectivity index (χ4n) is 1.29. The van der Waals surface area contributed by atoms with Crippen LogP contribution in [-0.4, -0.2) is 24.5 Å². The van der Waals surface area contributed by atoms with Gasteiger partial charge in [-0.15, -0.1) is 0 Å². The van der Waals surface area contributed by atoms with Crippen LogP contribution in [-0.2, 0) is 23.9 Å². The fraction of sp³-hybridized carbons (Fsp3) is 0.333. The van der Waals surface area contributed by atoms with Crippen LogP contribution >= 0.6 is 0 Å². The quantitative estimate of drug-likeness (QED) is 0.435. The van der Waals surface area contributed by atoms with E-state index in [9.17, 15) is 14.4 Å². The molecule has 0 spiro atoms. The molecule has 0 N–H and O–H groups in total. The maximum Gasteiger partial charge on any atom is 0.333 e. The number of carbonyl (C=O) groups excluding carboxylic acids is 3. The first-order chi connectivity index (χ1) is 9.43. The van der Waals surface area contributed by atoms with Gasteiger partial charge in [-0.25, -0.2) is 9.59 Å². The molecular formula is C15H16O5. The Balaban J connectivity index is 2.45. The molecule has 0 aromatic heterocycles. The monoisotopic (exact) mass is 276 g/mol. The van der Waals surface area contributed by atoms with Crippen molar-refractivity contribution in [2.75, 3.05) is 6.61 Å². The predicted octanol–water partition coefficient (Wildman–Crippen LogP) is 1.89. The number of hydrogen-bond donors (Lipinski definition) is 0. The van der Waals surface area contributed by atoms with Crippen LogP contribution < -0.4 is 0 Å². The molecule has 0 amide bonds. The predicted molar refractivity (Wildman–Crippen MR) is 72.1 cm³/mol. The summed E-state index contributed by atoms with van der Waals surface area (Å²) in [6.07, 6.45) is 5.06. The molecule has 0 radical (unpaired) electrons. The van der Waals surface area contributed by atoms with Crippen LogP contribution in [0, 0.1) is 5.92 Å². The number of carbonyl (C=O) groups is 2. The lowest BCUT2D eigenvalue weighted by atomic mass is 10.1. The van der Waals surface area contributed by atoms with E-state index in [-0.39, 0.29) is 12.2 Å². The van der Waals surface area contributed by atoms with E-state index >= 15 is 0 Å². The van der Waals surface area contributed by atoms with Gasteiger partial charge in [0.15, 0.2) is 0 Å². The summed E-state index contributed by atoms with van der Waals surface area (Å²) in [7, 11) is 0. The molecule has 0 saturated carbocycles. The van der Waals surface area contributed by atoms with Crippen molar-refractivity contribution in [2.24, 2.45) is 5.92 Å². The maximum absolute atomic E-state index is 11.7. The minimum absolute atomic E-state index is 0.0684. The molecule has 0 aromatic rings. The molecule has 20 heavy (non-hydrogen) atoms. The Morgan fingerprint density at radius 1 is 1.45 bits per heavy atom. The van der Waals surface area contributed by atoms with Gasteiger partial charge in [0.25, 0.3) is 0 Å². The molecule has 0 fully saturated rings. The lowest BCUT2D eigenvalue weighted by Gasteiger charge is -2.13. The van der Waals surface area contributed by atoms with Crippen molar-refractivity contribution in [3.05, 3.63) is 41.7 Å². The van der Waals surface area contributed by atoms with Crippen molar-refractivity contribution < 1.29 is 23.9 Å². The molecule has 1 rings (SSSR count). The Morgan fingerprint density at radius 3 is 2.65 bits per heavy atom. The van der Waals surface area contributed by atoms with Gasteiger partial charge >= 0.3 is 11.9 Å². The first-order valence-electron chi connectivity index (χ1n) is 6.10. The smallest absolute Gasteiger partial charge is 0.333 e. The minimum atomic E-state index is -0.587. The summed E-state index contributed by atoms with van der Waals surface area (Å²) in [4.78, 5) is 33.3. The molecular weight excluding hydrogens is 260 g/mol. The van der Waals surface area contributed by atoms with Crippen LogP contribution in [0.3, 0.4) is 0 Å². The highest BCUT2D eigenvalue weighted by Gasteiger charge is 2.19. The van der Waals surface area contributed by atoms with Gasteiger partial charge in [0.1, 0.15) is 18.3 Å². The van der Waals surface area contributed by atoms with Crippen LogP contribution in [0.2, 0.25) is 0 Å². The zero-order valence-electron chi connectivity index (χ0n) is 11.5. The Kier molecular flexibility index (Phi) is 5.69. The lowest BCUT2D eigenvalue weighted by Crippen LogP contribution is -2.21. The van der Waals surface area contributed by atoms with E-state index in [1.165, 1.54) is 13.0 Å². The zero-order valence-corrected chi connectivity index (χ0v) is 11.5. The summed E-state index contributed by atoms with van der Waals surface area (Å²) >= 11 is 0. The summed E-state index contributed by atoms with van der Waals surface area (Å²) < 4.78 is 9.99. The van der Waals surface area contributed by atoms with Gasteiger partial charge in [0.2, 0.25) is 0 Å². The van der Waals surface area contributed by atoms with Crippen molar-refractivity contribution in [1.82, 2.24) is 0 Å². The second kappa shape index (κ2) is 7.26. The number of rotatable bonds is 5. The van der Waals surface area contributed by atoms with Crippen molar-refractivity contribution in [3.8, 4) is 0 Å². The van der Waals surface area contributed by atoms with Gasteiger partial charge < -0.3 is 9.47 Å². The van der Waals surface area contributed by atoms with Crippen LogP contribution in [0.5, 0.6) is 0 Å². The number of esters is 2. The van der Waals surface area contributed by atoms with E-state index in [2.05, 4.69) is 6.58 Å². The number of ether oxygens (including phenoxy) is 2. The normalized spacial score (nSPS) is 14.9. The van der Waals surface area contributed by atoms with E-state index < -0.39 is 17.9 Å². The highest BCUT2D eigenvalue weighted by atomic mass is 16.6. The van der Waals surface area contributed by atoms with Gasteiger partial charge in [-0.2, -0.15) is 0 Å². The fourth-order valence-corrected chi connectivity index (χ4v) is 1.29. The molecule has 5 nitrogen and oxygen atoms in total. The Hall–Kier alpha value is -2.39. The van der Waals surface area contributed by atoms with Gasteiger partial charge in [0, 0.05) is 17.6 Å². The molecule has 1 aliphatic rings. The van der Waals surface area contributed by atoms with Crippen LogP contribution in [0.4, 0.5) is 0 Å². The average molecular weight is 276 g/mol. The summed E-state index contributed by atoms with van der Waals surface area (Å²) in [5, 5.41) is 0. The summed E-state index contributed by atoms with van der Waals surface area (Å²) in [6, 6.07) is 0. The van der Waals surface area contributed by atoms with Gasteiger partial charge in [0.05, 0.1) is 5.92 Å². The highest BCUT2D eigenvalue weighted by Crippen LogP contribution is 2.16. The summed E-state index contributed by atoms with van der Waals surface area (Å²) in [5.74, 6) is 0.508. The molecule has 0 saturated heterocycles. The van der Waals surface area contributed by atoms with Crippen LogP contribution in [0.1, 0.15) is 20.3 Å². The molecule has 0 heterocycles. The van der Waals surface area contributed by atoms with Gasteiger partial charge in [-0.1, -0.05) is 6.58 Å². The molecule has 1 atom stereocenters. The maximum atomic E-state index is 11.7. The first kappa shape index (κ1) is 15.7. The molecule has 0 aliphatic heterocycles. The lowest BCUT2D eigenvalue weighted by molar-refractivity contribution is -0.149. The molecule has 0 bridgehead atoms. The second-order valence-electron chi connectivity index (χ2n) is 4.47. The van der Waals surface area contributed by atoms with Crippen molar-refractivity contribution in [3.63, 3.8) is 0 Å². The van der Waals surface area contributed by atoms with Crippen LogP contribution in [0.15, 0.2) is 41.7 Å². The number of allylic oxidation sites excluding steroid dienone is 4. The molecule has 0 aromatic carbocycles. The SMILES string of the molecule is C=C(C)C(=O)OCC(C)C(=O)OC1=CCC(=C=O)C=C1. The Labute approximate surface area is 117 Å². The number of hydrogen-bond acceptors (Lipinski definition) is 5. The van der Waals surface area contributed by atoms with E-state index in [4.69, 9.17) is 9.47 Å². The first-order valence-corrected chi connectivity index (χ1v) is 6.10. The third-order valence-electron chi connectivity index (χ3n) is 2.54. The topological polar surface area (TPSA) is 69.7 Å². The molecule has 5 heteroatoms. The van der Waals surface area contributed by atoms with Crippen molar-refractivity contribution in [1.29, 1.82) is 0 Å². The van der Waals surface area contributed by atoms with Crippen molar-refractivity contribution >= 4 is 17.9 Å². The van der Waals surface area contributed by atoms with Gasteiger partial charge in [-0.05, 0) is 32.1 Å². The van der Waals surface area contributed by atoms with Gasteiger partial charge in [-0.3, -0.25) is 4.79 Å².